The Kier molecular flexibility index (Phi) is 3.88. The molecule has 0 atom stereocenters. The topological polar surface area (TPSA) is 93.3 Å². The van der Waals surface area contributed by atoms with E-state index >= 15 is 0 Å². The summed E-state index contributed by atoms with van der Waals surface area (Å²) in [4.78, 5) is 24.1. The van der Waals surface area contributed by atoms with Gasteiger partial charge in [-0.25, -0.2) is 4.79 Å². The van der Waals surface area contributed by atoms with Gasteiger partial charge >= 0.3 is 5.97 Å². The Morgan fingerprint density at radius 3 is 3.00 bits per heavy atom. The Morgan fingerprint density at radius 1 is 1.36 bits per heavy atom. The maximum absolute atomic E-state index is 12.4. The molecular formula is C15H15N3O4. The summed E-state index contributed by atoms with van der Waals surface area (Å²) in [5, 5.41) is 9.61. The van der Waals surface area contributed by atoms with Crippen LogP contribution in [0.25, 0.3) is 0 Å². The van der Waals surface area contributed by atoms with E-state index in [1.54, 1.807) is 24.3 Å². The lowest BCUT2D eigenvalue weighted by atomic mass is 10.1. The number of benzene rings is 1. The predicted molar refractivity (Wildman–Crippen MR) is 77.7 cm³/mol. The van der Waals surface area contributed by atoms with E-state index in [0.717, 1.165) is 11.3 Å². The molecule has 1 aliphatic heterocycles. The standard InChI is InChI=1S/C15H15N3O4/c1-21-15(20)9-4-2-3-5-11(9)16-14(19)13-10-8-22-7-6-12(10)17-18-13/h2-5H,6-8H2,1H3,(H,16,19)(H,17,18). The Balaban J connectivity index is 1.86. The van der Waals surface area contributed by atoms with Crippen LogP contribution in [-0.4, -0.2) is 35.8 Å². The van der Waals surface area contributed by atoms with Crippen LogP contribution in [0.1, 0.15) is 32.1 Å². The molecule has 1 amide bonds. The van der Waals surface area contributed by atoms with Gasteiger partial charge in [-0.15, -0.1) is 0 Å². The lowest BCUT2D eigenvalue weighted by Gasteiger charge is -2.13. The van der Waals surface area contributed by atoms with Crippen molar-refractivity contribution in [2.75, 3.05) is 19.0 Å². The molecule has 1 aromatic heterocycles. The number of hydrogen-bond donors (Lipinski definition) is 2. The van der Waals surface area contributed by atoms with Gasteiger partial charge in [0.25, 0.3) is 5.91 Å². The van der Waals surface area contributed by atoms with Crippen LogP contribution in [0.2, 0.25) is 0 Å². The number of methoxy groups -OCH3 is 1. The molecule has 22 heavy (non-hydrogen) atoms. The van der Waals surface area contributed by atoms with Crippen LogP contribution in [0.4, 0.5) is 5.69 Å². The number of fused-ring (bicyclic) bond motifs is 1. The molecule has 2 N–H and O–H groups in total. The highest BCUT2D eigenvalue weighted by Crippen LogP contribution is 2.21. The third-order valence-corrected chi connectivity index (χ3v) is 3.49. The lowest BCUT2D eigenvalue weighted by molar-refractivity contribution is 0.0602. The van der Waals surface area contributed by atoms with Gasteiger partial charge in [-0.05, 0) is 12.1 Å². The van der Waals surface area contributed by atoms with Crippen LogP contribution in [0.15, 0.2) is 24.3 Å². The monoisotopic (exact) mass is 301 g/mol. The van der Waals surface area contributed by atoms with Crippen molar-refractivity contribution in [2.24, 2.45) is 0 Å². The molecule has 2 aromatic rings. The molecule has 0 radical (unpaired) electrons. The number of ether oxygens (including phenoxy) is 2. The largest absolute Gasteiger partial charge is 0.465 e. The number of H-pyrrole nitrogens is 1. The molecule has 114 valence electrons. The lowest BCUT2D eigenvalue weighted by Crippen LogP contribution is -2.18. The van der Waals surface area contributed by atoms with Gasteiger partial charge in [0.2, 0.25) is 0 Å². The summed E-state index contributed by atoms with van der Waals surface area (Å²) in [7, 11) is 1.29. The SMILES string of the molecule is COC(=O)c1ccccc1NC(=O)c1n[nH]c2c1COCC2. The summed E-state index contributed by atoms with van der Waals surface area (Å²) < 4.78 is 10.1. The molecule has 0 saturated carbocycles. The van der Waals surface area contributed by atoms with Gasteiger partial charge in [-0.3, -0.25) is 9.89 Å². The number of nitrogens with zero attached hydrogens (tertiary/aromatic N) is 1. The zero-order chi connectivity index (χ0) is 15.5. The zero-order valence-corrected chi connectivity index (χ0v) is 12.0. The number of amides is 1. The van der Waals surface area contributed by atoms with Crippen LogP contribution in [0.3, 0.4) is 0 Å². The van der Waals surface area contributed by atoms with Crippen LogP contribution >= 0.6 is 0 Å². The van der Waals surface area contributed by atoms with E-state index in [0.29, 0.717) is 30.9 Å². The Labute approximate surface area is 126 Å². The van der Waals surface area contributed by atoms with Gasteiger partial charge in [-0.1, -0.05) is 12.1 Å². The Bertz CT molecular complexity index is 723. The van der Waals surface area contributed by atoms with Crippen molar-refractivity contribution in [3.63, 3.8) is 0 Å². The van der Waals surface area contributed by atoms with Gasteiger partial charge in [0.15, 0.2) is 5.69 Å². The first-order valence-electron chi connectivity index (χ1n) is 6.83. The summed E-state index contributed by atoms with van der Waals surface area (Å²) >= 11 is 0. The molecule has 3 rings (SSSR count). The van der Waals surface area contributed by atoms with Crippen molar-refractivity contribution in [1.82, 2.24) is 10.2 Å². The Hall–Kier alpha value is -2.67. The van der Waals surface area contributed by atoms with Crippen LogP contribution in [0.5, 0.6) is 0 Å². The molecule has 7 heteroatoms. The molecule has 0 bridgehead atoms. The van der Waals surface area contributed by atoms with Gasteiger partial charge in [0, 0.05) is 17.7 Å². The number of carbonyl (C=O) groups excluding carboxylic acids is 2. The van der Waals surface area contributed by atoms with E-state index in [-0.39, 0.29) is 11.6 Å². The number of nitrogens with one attached hydrogen (secondary N) is 2. The second kappa shape index (κ2) is 5.98. The molecular weight excluding hydrogens is 286 g/mol. The highest BCUT2D eigenvalue weighted by molar-refractivity contribution is 6.07. The summed E-state index contributed by atoms with van der Waals surface area (Å²) in [6.45, 7) is 0.967. The van der Waals surface area contributed by atoms with Crippen molar-refractivity contribution in [3.8, 4) is 0 Å². The predicted octanol–water partition coefficient (Wildman–Crippen LogP) is 1.52. The minimum absolute atomic E-state index is 0.286. The first-order valence-corrected chi connectivity index (χ1v) is 6.83. The number of aromatic amines is 1. The average Bonchev–Trinajstić information content (AvgIpc) is 2.99. The molecule has 1 aromatic carbocycles. The maximum atomic E-state index is 12.4. The number of esters is 1. The van der Waals surface area contributed by atoms with Crippen molar-refractivity contribution >= 4 is 17.6 Å². The summed E-state index contributed by atoms with van der Waals surface area (Å²) in [5.41, 5.74) is 2.64. The summed E-state index contributed by atoms with van der Waals surface area (Å²) in [6.07, 6.45) is 0.703. The molecule has 0 saturated heterocycles. The van der Waals surface area contributed by atoms with E-state index in [4.69, 9.17) is 9.47 Å². The van der Waals surface area contributed by atoms with E-state index in [1.165, 1.54) is 7.11 Å². The fourth-order valence-electron chi connectivity index (χ4n) is 2.36. The van der Waals surface area contributed by atoms with Gasteiger partial charge in [0.05, 0.1) is 31.6 Å². The second-order valence-corrected chi connectivity index (χ2v) is 4.82. The third-order valence-electron chi connectivity index (χ3n) is 3.49. The third kappa shape index (κ3) is 2.58. The molecule has 7 nitrogen and oxygen atoms in total. The van der Waals surface area contributed by atoms with Crippen molar-refractivity contribution in [1.29, 1.82) is 0 Å². The van der Waals surface area contributed by atoms with Crippen molar-refractivity contribution in [2.45, 2.75) is 13.0 Å². The second-order valence-electron chi connectivity index (χ2n) is 4.82. The molecule has 0 fully saturated rings. The normalized spacial score (nSPS) is 13.3. The van der Waals surface area contributed by atoms with E-state index in [9.17, 15) is 9.59 Å². The number of hydrogen-bond acceptors (Lipinski definition) is 5. The summed E-state index contributed by atoms with van der Waals surface area (Å²) in [6, 6.07) is 6.65. The van der Waals surface area contributed by atoms with E-state index in [2.05, 4.69) is 15.5 Å². The van der Waals surface area contributed by atoms with Crippen molar-refractivity contribution in [3.05, 3.63) is 46.8 Å². The molecule has 0 aliphatic carbocycles. The van der Waals surface area contributed by atoms with E-state index in [1.807, 2.05) is 0 Å². The molecule has 0 spiro atoms. The quantitative estimate of drug-likeness (QED) is 0.838. The smallest absolute Gasteiger partial charge is 0.339 e. The molecule has 1 aliphatic rings. The van der Waals surface area contributed by atoms with Crippen LogP contribution in [0, 0.1) is 0 Å². The van der Waals surface area contributed by atoms with E-state index < -0.39 is 5.97 Å². The number of rotatable bonds is 3. The maximum Gasteiger partial charge on any atom is 0.339 e. The average molecular weight is 301 g/mol. The Morgan fingerprint density at radius 2 is 2.18 bits per heavy atom. The minimum atomic E-state index is -0.511. The fourth-order valence-corrected chi connectivity index (χ4v) is 2.36. The minimum Gasteiger partial charge on any atom is -0.465 e. The number of carbonyl (C=O) groups is 2. The molecule has 0 unspecified atom stereocenters. The van der Waals surface area contributed by atoms with Gasteiger partial charge < -0.3 is 14.8 Å². The highest BCUT2D eigenvalue weighted by Gasteiger charge is 2.23. The number of aromatic nitrogens is 2. The first-order chi connectivity index (χ1) is 10.7. The zero-order valence-electron chi connectivity index (χ0n) is 12.0. The van der Waals surface area contributed by atoms with Gasteiger partial charge in [-0.2, -0.15) is 5.10 Å². The van der Waals surface area contributed by atoms with Crippen molar-refractivity contribution < 1.29 is 19.1 Å². The van der Waals surface area contributed by atoms with Crippen LogP contribution < -0.4 is 5.32 Å². The molecule has 2 heterocycles. The van der Waals surface area contributed by atoms with Gasteiger partial charge in [0.1, 0.15) is 0 Å². The number of para-hydroxylation sites is 1. The number of anilines is 1. The first kappa shape index (κ1) is 14.3. The summed E-state index contributed by atoms with van der Waals surface area (Å²) in [5.74, 6) is -0.900. The van der Waals surface area contributed by atoms with Crippen LogP contribution in [-0.2, 0) is 22.5 Å². The fraction of sp³-hybridized carbons (Fsp3) is 0.267. The highest BCUT2D eigenvalue weighted by atomic mass is 16.5.